The third-order valence-corrected chi connectivity index (χ3v) is 7.61. The van der Waals surface area contributed by atoms with Crippen molar-refractivity contribution >= 4 is 23.8 Å². The molecule has 1 saturated heterocycles. The van der Waals surface area contributed by atoms with Gasteiger partial charge in [-0.25, -0.2) is 9.97 Å². The summed E-state index contributed by atoms with van der Waals surface area (Å²) in [6.07, 6.45) is -2.75. The molecule has 4 rings (SSSR count). The molecule has 0 spiro atoms. The van der Waals surface area contributed by atoms with Crippen molar-refractivity contribution in [1.29, 1.82) is 0 Å². The van der Waals surface area contributed by atoms with Crippen LogP contribution in [0.5, 0.6) is 5.75 Å². The number of benzene rings is 2. The highest BCUT2D eigenvalue weighted by molar-refractivity contribution is 5.95. The molecule has 3 aromatic rings. The SMILES string of the molecule is O=CNCCOCCOCCOCCOCCOCCN1CCN(C(=O)c2cccc(-c3cc(Nc4ccc(OC(F)(F)F)cc4)ncn3)c2)CC1. The maximum atomic E-state index is 13.4. The molecule has 17 heteroatoms. The Kier molecular flexibility index (Phi) is 17.5. The van der Waals surface area contributed by atoms with Crippen LogP contribution in [0.15, 0.2) is 60.9 Å². The summed E-state index contributed by atoms with van der Waals surface area (Å²) in [6, 6.07) is 14.2. The first-order chi connectivity index (χ1) is 25.3. The van der Waals surface area contributed by atoms with Crippen LogP contribution in [0.3, 0.4) is 0 Å². The van der Waals surface area contributed by atoms with Gasteiger partial charge in [-0.3, -0.25) is 14.5 Å². The molecule has 52 heavy (non-hydrogen) atoms. The predicted molar refractivity (Wildman–Crippen MR) is 184 cm³/mol. The molecule has 2 N–H and O–H groups in total. The average molecular weight is 735 g/mol. The van der Waals surface area contributed by atoms with E-state index in [9.17, 15) is 22.8 Å². The van der Waals surface area contributed by atoms with Crippen LogP contribution in [0, 0.1) is 0 Å². The predicted octanol–water partition coefficient (Wildman–Crippen LogP) is 3.37. The van der Waals surface area contributed by atoms with Gasteiger partial charge in [0.2, 0.25) is 6.41 Å². The summed E-state index contributed by atoms with van der Waals surface area (Å²) in [6.45, 7) is 8.70. The number of nitrogens with zero attached hydrogens (tertiary/aromatic N) is 4. The van der Waals surface area contributed by atoms with E-state index < -0.39 is 6.36 Å². The molecule has 1 fully saturated rings. The maximum Gasteiger partial charge on any atom is 0.573 e. The monoisotopic (exact) mass is 734 g/mol. The fourth-order valence-electron chi connectivity index (χ4n) is 5.01. The zero-order chi connectivity index (χ0) is 36.9. The van der Waals surface area contributed by atoms with Gasteiger partial charge in [0.05, 0.1) is 71.8 Å². The van der Waals surface area contributed by atoms with Gasteiger partial charge < -0.3 is 44.0 Å². The Hall–Kier alpha value is -4.39. The first-order valence-corrected chi connectivity index (χ1v) is 16.9. The van der Waals surface area contributed by atoms with Crippen LogP contribution < -0.4 is 15.4 Å². The average Bonchev–Trinajstić information content (AvgIpc) is 3.15. The molecule has 0 saturated carbocycles. The van der Waals surface area contributed by atoms with Crippen LogP contribution in [0.25, 0.3) is 11.3 Å². The number of aromatic nitrogens is 2. The van der Waals surface area contributed by atoms with Gasteiger partial charge in [-0.15, -0.1) is 13.2 Å². The number of carbonyl (C=O) groups is 2. The molecule has 0 aliphatic carbocycles. The maximum absolute atomic E-state index is 13.4. The van der Waals surface area contributed by atoms with Gasteiger partial charge in [-0.05, 0) is 36.4 Å². The summed E-state index contributed by atoms with van der Waals surface area (Å²) < 4.78 is 68.7. The Morgan fingerprint density at radius 3 is 2.00 bits per heavy atom. The largest absolute Gasteiger partial charge is 0.573 e. The van der Waals surface area contributed by atoms with Crippen LogP contribution in [0.4, 0.5) is 24.7 Å². The van der Waals surface area contributed by atoms with E-state index in [0.717, 1.165) is 25.2 Å². The number of hydrogen-bond donors (Lipinski definition) is 2. The number of amides is 2. The van der Waals surface area contributed by atoms with E-state index in [4.69, 9.17) is 23.7 Å². The van der Waals surface area contributed by atoms with Crippen molar-refractivity contribution in [3.63, 3.8) is 0 Å². The number of halogens is 3. The van der Waals surface area contributed by atoms with Crippen molar-refractivity contribution in [2.45, 2.75) is 6.36 Å². The Balaban J connectivity index is 1.06. The number of nitrogens with one attached hydrogen (secondary N) is 2. The first-order valence-electron chi connectivity index (χ1n) is 16.9. The molecule has 0 atom stereocenters. The van der Waals surface area contributed by atoms with Gasteiger partial charge in [0.25, 0.3) is 5.91 Å². The third-order valence-electron chi connectivity index (χ3n) is 7.61. The summed E-state index contributed by atoms with van der Waals surface area (Å²) in [7, 11) is 0. The van der Waals surface area contributed by atoms with Crippen molar-refractivity contribution in [3.05, 3.63) is 66.5 Å². The van der Waals surface area contributed by atoms with Gasteiger partial charge in [0.15, 0.2) is 0 Å². The Labute approximate surface area is 300 Å². The summed E-state index contributed by atoms with van der Waals surface area (Å²) in [5.41, 5.74) is 2.36. The molecule has 0 radical (unpaired) electrons. The van der Waals surface area contributed by atoms with Crippen molar-refractivity contribution in [2.75, 3.05) is 111 Å². The van der Waals surface area contributed by atoms with Crippen LogP contribution in [-0.4, -0.2) is 144 Å². The molecule has 1 aromatic heterocycles. The number of hydrogen-bond acceptors (Lipinski definition) is 12. The molecule has 1 aliphatic rings. The van der Waals surface area contributed by atoms with Gasteiger partial charge in [0, 0.05) is 62.1 Å². The number of piperazine rings is 1. The lowest BCUT2D eigenvalue weighted by atomic mass is 10.1. The van der Waals surface area contributed by atoms with Gasteiger partial charge in [-0.1, -0.05) is 12.1 Å². The second-order valence-corrected chi connectivity index (χ2v) is 11.3. The molecular formula is C35H45F3N6O8. The minimum Gasteiger partial charge on any atom is -0.406 e. The molecule has 1 aliphatic heterocycles. The number of ether oxygens (including phenoxy) is 6. The van der Waals surface area contributed by atoms with E-state index in [1.165, 1.54) is 30.6 Å². The van der Waals surface area contributed by atoms with E-state index in [2.05, 4.69) is 30.2 Å². The molecule has 284 valence electrons. The third kappa shape index (κ3) is 15.5. The number of carbonyl (C=O) groups excluding carboxylic acids is 2. The summed E-state index contributed by atoms with van der Waals surface area (Å²) in [4.78, 5) is 36.1. The number of anilines is 2. The summed E-state index contributed by atoms with van der Waals surface area (Å²) in [5, 5.41) is 5.56. The van der Waals surface area contributed by atoms with Crippen molar-refractivity contribution in [2.24, 2.45) is 0 Å². The van der Waals surface area contributed by atoms with E-state index >= 15 is 0 Å². The topological polar surface area (TPSA) is 146 Å². The fraction of sp³-hybridized carbons (Fsp3) is 0.486. The zero-order valence-corrected chi connectivity index (χ0v) is 28.9. The van der Waals surface area contributed by atoms with Gasteiger partial charge >= 0.3 is 6.36 Å². The molecule has 2 amide bonds. The zero-order valence-electron chi connectivity index (χ0n) is 28.9. The van der Waals surface area contributed by atoms with Crippen molar-refractivity contribution in [1.82, 2.24) is 25.1 Å². The van der Waals surface area contributed by atoms with E-state index in [1.54, 1.807) is 24.3 Å². The van der Waals surface area contributed by atoms with E-state index in [1.807, 2.05) is 11.0 Å². The lowest BCUT2D eigenvalue weighted by Gasteiger charge is -2.34. The molecule has 0 unspecified atom stereocenters. The molecule has 0 bridgehead atoms. The quantitative estimate of drug-likeness (QED) is 0.103. The normalized spacial score (nSPS) is 13.6. The van der Waals surface area contributed by atoms with E-state index in [0.29, 0.717) is 115 Å². The lowest BCUT2D eigenvalue weighted by molar-refractivity contribution is -0.274. The minimum absolute atomic E-state index is 0.0638. The molecule has 14 nitrogen and oxygen atoms in total. The van der Waals surface area contributed by atoms with E-state index in [-0.39, 0.29) is 11.7 Å². The first kappa shape index (κ1) is 40.4. The van der Waals surface area contributed by atoms with Gasteiger partial charge in [0.1, 0.15) is 17.9 Å². The highest BCUT2D eigenvalue weighted by Crippen LogP contribution is 2.26. The smallest absolute Gasteiger partial charge is 0.406 e. The second-order valence-electron chi connectivity index (χ2n) is 11.3. The lowest BCUT2D eigenvalue weighted by Crippen LogP contribution is -2.49. The number of rotatable bonds is 24. The van der Waals surface area contributed by atoms with Crippen molar-refractivity contribution < 1.29 is 51.2 Å². The Morgan fingerprint density at radius 2 is 1.38 bits per heavy atom. The van der Waals surface area contributed by atoms with Crippen LogP contribution in [-0.2, 0) is 28.5 Å². The standard InChI is InChI=1S/C35H45F3N6O8/c36-35(37,38)52-31-6-4-30(5-7-31)42-33-25-32(40-26-41-33)28-2-1-3-29(24-28)34(46)44-11-9-43(10-12-44)13-15-48-17-19-50-21-23-51-22-20-49-18-16-47-14-8-39-27-45/h1-7,24-27H,8-23H2,(H,39,45)(H,40,41,42). The number of alkyl halides is 3. The molecule has 2 aromatic carbocycles. The second kappa shape index (κ2) is 22.5. The molecular weight excluding hydrogens is 689 g/mol. The summed E-state index contributed by atoms with van der Waals surface area (Å²) >= 11 is 0. The Morgan fingerprint density at radius 1 is 0.769 bits per heavy atom. The minimum atomic E-state index is -4.76. The highest BCUT2D eigenvalue weighted by Gasteiger charge is 2.31. The van der Waals surface area contributed by atoms with Gasteiger partial charge in [-0.2, -0.15) is 0 Å². The van der Waals surface area contributed by atoms with Crippen LogP contribution in [0.1, 0.15) is 10.4 Å². The molecule has 2 heterocycles. The van der Waals surface area contributed by atoms with Crippen LogP contribution in [0.2, 0.25) is 0 Å². The van der Waals surface area contributed by atoms with Crippen molar-refractivity contribution in [3.8, 4) is 17.0 Å². The Bertz CT molecular complexity index is 1480. The fourth-order valence-corrected chi connectivity index (χ4v) is 5.01. The summed E-state index contributed by atoms with van der Waals surface area (Å²) in [5.74, 6) is 0.0465. The highest BCUT2D eigenvalue weighted by atomic mass is 19.4. The van der Waals surface area contributed by atoms with Crippen LogP contribution >= 0.6 is 0 Å².